The Morgan fingerprint density at radius 1 is 1.35 bits per heavy atom. The van der Waals surface area contributed by atoms with Crippen molar-refractivity contribution in [1.29, 1.82) is 0 Å². The summed E-state index contributed by atoms with van der Waals surface area (Å²) in [4.78, 5) is 20.3. The zero-order chi connectivity index (χ0) is 18.9. The second-order valence-electron chi connectivity index (χ2n) is 7.76. The molecule has 26 heavy (non-hydrogen) atoms. The summed E-state index contributed by atoms with van der Waals surface area (Å²) in [6.45, 7) is 6.94. The molecule has 0 aliphatic heterocycles. The first-order valence-corrected chi connectivity index (χ1v) is 8.98. The minimum absolute atomic E-state index is 0.0324. The van der Waals surface area contributed by atoms with Crippen molar-refractivity contribution in [2.45, 2.75) is 39.7 Å². The Bertz CT molecular complexity index is 831. The van der Waals surface area contributed by atoms with E-state index in [-0.39, 0.29) is 28.2 Å². The molecule has 0 saturated heterocycles. The van der Waals surface area contributed by atoms with Crippen LogP contribution in [0.2, 0.25) is 5.28 Å². The highest BCUT2D eigenvalue weighted by molar-refractivity contribution is 6.28. The maximum atomic E-state index is 14.5. The second-order valence-corrected chi connectivity index (χ2v) is 8.10. The quantitative estimate of drug-likeness (QED) is 0.764. The van der Waals surface area contributed by atoms with Gasteiger partial charge in [0.25, 0.3) is 5.91 Å². The molecule has 0 bridgehead atoms. The number of aromatic nitrogens is 2. The molecule has 5 nitrogen and oxygen atoms in total. The monoisotopic (exact) mass is 376 g/mol. The Hall–Kier alpha value is -2.21. The van der Waals surface area contributed by atoms with Crippen LogP contribution in [-0.2, 0) is 0 Å². The van der Waals surface area contributed by atoms with E-state index in [0.717, 1.165) is 12.8 Å². The van der Waals surface area contributed by atoms with Crippen LogP contribution in [0.4, 0.5) is 10.2 Å². The third-order valence-corrected chi connectivity index (χ3v) is 4.16. The highest BCUT2D eigenvalue weighted by atomic mass is 35.5. The van der Waals surface area contributed by atoms with Crippen molar-refractivity contribution in [3.8, 4) is 11.1 Å². The number of hydrogen-bond acceptors (Lipinski definition) is 4. The van der Waals surface area contributed by atoms with Crippen LogP contribution in [0.3, 0.4) is 0 Å². The molecule has 1 aromatic carbocycles. The molecule has 1 aliphatic carbocycles. The molecule has 1 aromatic heterocycles. The van der Waals surface area contributed by atoms with Gasteiger partial charge in [0.1, 0.15) is 11.6 Å². The normalized spacial score (nSPS) is 14.2. The van der Waals surface area contributed by atoms with Crippen LogP contribution in [0, 0.1) is 11.2 Å². The smallest absolute Gasteiger partial charge is 0.254 e. The topological polar surface area (TPSA) is 66.9 Å². The van der Waals surface area contributed by atoms with Gasteiger partial charge in [0.2, 0.25) is 5.28 Å². The summed E-state index contributed by atoms with van der Waals surface area (Å²) < 4.78 is 14.5. The molecular weight excluding hydrogens is 355 g/mol. The van der Waals surface area contributed by atoms with E-state index >= 15 is 0 Å². The van der Waals surface area contributed by atoms with Gasteiger partial charge in [-0.1, -0.05) is 26.8 Å². The highest BCUT2D eigenvalue weighted by Crippen LogP contribution is 2.29. The van der Waals surface area contributed by atoms with E-state index in [1.54, 1.807) is 12.3 Å². The van der Waals surface area contributed by atoms with Gasteiger partial charge in [-0.15, -0.1) is 0 Å². The van der Waals surface area contributed by atoms with Crippen molar-refractivity contribution in [2.75, 3.05) is 11.9 Å². The van der Waals surface area contributed by atoms with Gasteiger partial charge in [-0.05, 0) is 47.6 Å². The molecule has 0 spiro atoms. The maximum Gasteiger partial charge on any atom is 0.254 e. The number of anilines is 1. The summed E-state index contributed by atoms with van der Waals surface area (Å²) in [5.41, 5.74) is 1.29. The van der Waals surface area contributed by atoms with Crippen LogP contribution in [0.15, 0.2) is 24.4 Å². The van der Waals surface area contributed by atoms with E-state index in [9.17, 15) is 9.18 Å². The fourth-order valence-electron chi connectivity index (χ4n) is 2.41. The van der Waals surface area contributed by atoms with E-state index in [4.69, 9.17) is 11.6 Å². The standard InChI is InChI=1S/C19H22ClFN4O/c1-19(2,3)10-23-16-14(9-22-18(20)25-16)11-4-7-13(15(21)8-11)17(26)24-12-5-6-12/h4,7-9,12H,5-6,10H2,1-3H3,(H,24,26)(H,22,23,25). The van der Waals surface area contributed by atoms with E-state index in [0.29, 0.717) is 23.5 Å². The molecule has 0 unspecified atom stereocenters. The van der Waals surface area contributed by atoms with Crippen LogP contribution < -0.4 is 10.6 Å². The van der Waals surface area contributed by atoms with E-state index in [1.807, 2.05) is 0 Å². The second kappa shape index (κ2) is 7.19. The van der Waals surface area contributed by atoms with Crippen molar-refractivity contribution >= 4 is 23.3 Å². The van der Waals surface area contributed by atoms with Gasteiger partial charge >= 0.3 is 0 Å². The van der Waals surface area contributed by atoms with Crippen molar-refractivity contribution in [3.63, 3.8) is 0 Å². The molecular formula is C19H22ClFN4O. The minimum atomic E-state index is -0.572. The number of nitrogens with zero attached hydrogens (tertiary/aromatic N) is 2. The Morgan fingerprint density at radius 2 is 2.08 bits per heavy atom. The van der Waals surface area contributed by atoms with Gasteiger partial charge < -0.3 is 10.6 Å². The summed E-state index contributed by atoms with van der Waals surface area (Å²) in [6, 6.07) is 4.69. The van der Waals surface area contributed by atoms with Crippen LogP contribution >= 0.6 is 11.6 Å². The predicted octanol–water partition coefficient (Wildman–Crippen LogP) is 4.29. The van der Waals surface area contributed by atoms with Gasteiger partial charge in [0.05, 0.1) is 5.56 Å². The van der Waals surface area contributed by atoms with Crippen molar-refractivity contribution < 1.29 is 9.18 Å². The molecule has 1 amide bonds. The molecule has 1 fully saturated rings. The number of halogens is 2. The SMILES string of the molecule is CC(C)(C)CNc1nc(Cl)ncc1-c1ccc(C(=O)NC2CC2)c(F)c1. The van der Waals surface area contributed by atoms with Crippen LogP contribution in [0.25, 0.3) is 11.1 Å². The highest BCUT2D eigenvalue weighted by Gasteiger charge is 2.25. The average Bonchev–Trinajstić information content (AvgIpc) is 3.36. The molecule has 1 aliphatic rings. The summed E-state index contributed by atoms with van der Waals surface area (Å²) in [6.07, 6.45) is 3.46. The largest absolute Gasteiger partial charge is 0.369 e. The summed E-state index contributed by atoms with van der Waals surface area (Å²) >= 11 is 5.92. The fraction of sp³-hybridized carbons (Fsp3) is 0.421. The number of carbonyl (C=O) groups excluding carboxylic acids is 1. The maximum absolute atomic E-state index is 14.5. The summed E-state index contributed by atoms with van der Waals surface area (Å²) in [5, 5.41) is 6.16. The zero-order valence-corrected chi connectivity index (χ0v) is 15.8. The summed E-state index contributed by atoms with van der Waals surface area (Å²) in [5.74, 6) is -0.415. The van der Waals surface area contributed by atoms with Crippen LogP contribution in [-0.4, -0.2) is 28.5 Å². The third-order valence-electron chi connectivity index (χ3n) is 3.98. The number of rotatable bonds is 5. The molecule has 3 rings (SSSR count). The number of carbonyl (C=O) groups is 1. The number of amides is 1. The zero-order valence-electron chi connectivity index (χ0n) is 15.1. The first-order valence-electron chi connectivity index (χ1n) is 8.60. The van der Waals surface area contributed by atoms with Gasteiger partial charge in [0, 0.05) is 24.3 Å². The predicted molar refractivity (Wildman–Crippen MR) is 101 cm³/mol. The number of nitrogens with one attached hydrogen (secondary N) is 2. The van der Waals surface area contributed by atoms with Crippen LogP contribution in [0.1, 0.15) is 44.0 Å². The van der Waals surface area contributed by atoms with E-state index in [2.05, 4.69) is 41.4 Å². The molecule has 2 aromatic rings. The average molecular weight is 377 g/mol. The van der Waals surface area contributed by atoms with Gasteiger partial charge in [-0.25, -0.2) is 14.4 Å². The first-order chi connectivity index (χ1) is 12.2. The molecule has 1 heterocycles. The Kier molecular flexibility index (Phi) is 5.14. The van der Waals surface area contributed by atoms with Crippen molar-refractivity contribution in [2.24, 2.45) is 5.41 Å². The van der Waals surface area contributed by atoms with Crippen molar-refractivity contribution in [3.05, 3.63) is 41.1 Å². The van der Waals surface area contributed by atoms with Crippen molar-refractivity contribution in [1.82, 2.24) is 15.3 Å². The first kappa shape index (κ1) is 18.6. The lowest BCUT2D eigenvalue weighted by atomic mass is 9.97. The molecule has 7 heteroatoms. The summed E-state index contributed by atoms with van der Waals surface area (Å²) in [7, 11) is 0. The fourth-order valence-corrected chi connectivity index (χ4v) is 2.55. The molecule has 1 saturated carbocycles. The van der Waals surface area contributed by atoms with Gasteiger partial charge in [-0.3, -0.25) is 4.79 Å². The molecule has 0 atom stereocenters. The third kappa shape index (κ3) is 4.69. The van der Waals surface area contributed by atoms with E-state index < -0.39 is 5.82 Å². The number of hydrogen-bond donors (Lipinski definition) is 2. The molecule has 138 valence electrons. The van der Waals surface area contributed by atoms with Gasteiger partial charge in [0.15, 0.2) is 0 Å². The van der Waals surface area contributed by atoms with Gasteiger partial charge in [-0.2, -0.15) is 0 Å². The Balaban J connectivity index is 1.88. The lowest BCUT2D eigenvalue weighted by molar-refractivity contribution is 0.0947. The Morgan fingerprint density at radius 3 is 2.69 bits per heavy atom. The lowest BCUT2D eigenvalue weighted by Crippen LogP contribution is -2.26. The molecule has 0 radical (unpaired) electrons. The lowest BCUT2D eigenvalue weighted by Gasteiger charge is -2.20. The van der Waals surface area contributed by atoms with Crippen LogP contribution in [0.5, 0.6) is 0 Å². The molecule has 2 N–H and O–H groups in total. The number of benzene rings is 1. The minimum Gasteiger partial charge on any atom is -0.369 e. The Labute approximate surface area is 157 Å². The van der Waals surface area contributed by atoms with E-state index in [1.165, 1.54) is 12.1 Å².